The number of hydrogen-bond donors (Lipinski definition) is 1. The molecule has 0 unspecified atom stereocenters. The normalized spacial score (nSPS) is 10.8. The van der Waals surface area contributed by atoms with Crippen LogP contribution in [-0.2, 0) is 6.42 Å². The van der Waals surface area contributed by atoms with Gasteiger partial charge in [-0.15, -0.1) is 0 Å². The van der Waals surface area contributed by atoms with Gasteiger partial charge in [0.05, 0.1) is 17.6 Å². The Balaban J connectivity index is 2.31. The van der Waals surface area contributed by atoms with E-state index in [4.69, 9.17) is 5.11 Å². The van der Waals surface area contributed by atoms with Gasteiger partial charge >= 0.3 is 5.97 Å². The summed E-state index contributed by atoms with van der Waals surface area (Å²) < 4.78 is 1.95. The van der Waals surface area contributed by atoms with Crippen molar-refractivity contribution < 1.29 is 9.90 Å². The van der Waals surface area contributed by atoms with Crippen LogP contribution >= 0.6 is 0 Å². The number of benzene rings is 2. The van der Waals surface area contributed by atoms with Crippen LogP contribution in [0.25, 0.3) is 16.5 Å². The molecule has 3 aromatic rings. The van der Waals surface area contributed by atoms with Gasteiger partial charge in [-0.1, -0.05) is 19.1 Å². The molecule has 0 saturated heterocycles. The molecule has 0 bridgehead atoms. The van der Waals surface area contributed by atoms with Crippen LogP contribution in [0.15, 0.2) is 49.1 Å². The topological polar surface area (TPSA) is 55.1 Å². The summed E-state index contributed by atoms with van der Waals surface area (Å²) in [6.07, 6.45) is 6.20. The quantitative estimate of drug-likeness (QED) is 0.791. The minimum absolute atomic E-state index is 0.315. The molecule has 0 atom stereocenters. The van der Waals surface area contributed by atoms with Gasteiger partial charge in [0.1, 0.15) is 0 Å². The van der Waals surface area contributed by atoms with Crippen LogP contribution < -0.4 is 0 Å². The highest BCUT2D eigenvalue weighted by molar-refractivity contribution is 5.96. The van der Waals surface area contributed by atoms with Crippen LogP contribution in [0.5, 0.6) is 0 Å². The monoisotopic (exact) mass is 266 g/mol. The summed E-state index contributed by atoms with van der Waals surface area (Å²) in [6, 6.07) is 9.30. The van der Waals surface area contributed by atoms with Crippen LogP contribution in [0.3, 0.4) is 0 Å². The van der Waals surface area contributed by atoms with Gasteiger partial charge < -0.3 is 9.67 Å². The Morgan fingerprint density at radius 1 is 1.30 bits per heavy atom. The fraction of sp³-hybridized carbons (Fsp3) is 0.125. The van der Waals surface area contributed by atoms with E-state index in [0.717, 1.165) is 28.4 Å². The largest absolute Gasteiger partial charge is 0.478 e. The Kier molecular flexibility index (Phi) is 2.99. The van der Waals surface area contributed by atoms with Gasteiger partial charge in [0.25, 0.3) is 0 Å². The number of rotatable bonds is 3. The van der Waals surface area contributed by atoms with Gasteiger partial charge in [0, 0.05) is 12.4 Å². The second-order valence-electron chi connectivity index (χ2n) is 4.63. The molecule has 4 nitrogen and oxygen atoms in total. The summed E-state index contributed by atoms with van der Waals surface area (Å²) in [5.41, 5.74) is 2.48. The maximum absolute atomic E-state index is 11.1. The number of aryl methyl sites for hydroxylation is 1. The molecule has 0 saturated carbocycles. The fourth-order valence-corrected chi connectivity index (χ4v) is 2.52. The third-order valence-corrected chi connectivity index (χ3v) is 3.49. The average molecular weight is 266 g/mol. The molecular weight excluding hydrogens is 252 g/mol. The number of carboxylic acid groups (broad SMARTS) is 1. The van der Waals surface area contributed by atoms with Gasteiger partial charge in [-0.05, 0) is 41.0 Å². The van der Waals surface area contributed by atoms with Gasteiger partial charge in [-0.25, -0.2) is 9.78 Å². The summed E-state index contributed by atoms with van der Waals surface area (Å²) in [5, 5.41) is 11.2. The highest BCUT2D eigenvalue weighted by atomic mass is 16.4. The van der Waals surface area contributed by atoms with Crippen molar-refractivity contribution in [2.75, 3.05) is 0 Å². The Hall–Kier alpha value is -2.62. The average Bonchev–Trinajstić information content (AvgIpc) is 2.99. The minimum Gasteiger partial charge on any atom is -0.478 e. The standard InChI is InChI=1S/C16H14N2O2/c1-2-13-14-9-12(16(19)20)4-3-11(14)5-6-15(13)18-8-7-17-10-18/h3-10H,2H2,1H3,(H,19,20). The van der Waals surface area contributed by atoms with E-state index < -0.39 is 5.97 Å². The lowest BCUT2D eigenvalue weighted by atomic mass is 9.98. The van der Waals surface area contributed by atoms with E-state index in [1.54, 1.807) is 24.7 Å². The molecule has 0 radical (unpaired) electrons. The molecule has 1 N–H and O–H groups in total. The van der Waals surface area contributed by atoms with Crippen LogP contribution in [0.1, 0.15) is 22.8 Å². The van der Waals surface area contributed by atoms with Gasteiger partial charge in [0.15, 0.2) is 0 Å². The Labute approximate surface area is 116 Å². The van der Waals surface area contributed by atoms with Crippen molar-refractivity contribution in [2.24, 2.45) is 0 Å². The van der Waals surface area contributed by atoms with Crippen LogP contribution in [0.4, 0.5) is 0 Å². The fourth-order valence-electron chi connectivity index (χ4n) is 2.52. The van der Waals surface area contributed by atoms with Crippen molar-refractivity contribution in [1.82, 2.24) is 9.55 Å². The zero-order chi connectivity index (χ0) is 14.1. The first-order valence-electron chi connectivity index (χ1n) is 6.48. The van der Waals surface area contributed by atoms with E-state index in [-0.39, 0.29) is 0 Å². The molecule has 100 valence electrons. The summed E-state index contributed by atoms with van der Waals surface area (Å²) in [7, 11) is 0. The maximum atomic E-state index is 11.1. The number of aromatic carboxylic acids is 1. The highest BCUT2D eigenvalue weighted by Crippen LogP contribution is 2.27. The molecule has 3 rings (SSSR count). The SMILES string of the molecule is CCc1c(-n2ccnc2)ccc2ccc(C(=O)O)cc12. The third kappa shape index (κ3) is 1.95. The summed E-state index contributed by atoms with van der Waals surface area (Å²) in [6.45, 7) is 2.07. The number of imidazole rings is 1. The first kappa shape index (κ1) is 12.4. The smallest absolute Gasteiger partial charge is 0.335 e. The van der Waals surface area contributed by atoms with E-state index in [1.165, 1.54) is 0 Å². The second kappa shape index (κ2) is 4.81. The summed E-state index contributed by atoms with van der Waals surface area (Å²) >= 11 is 0. The van der Waals surface area contributed by atoms with Gasteiger partial charge in [-0.3, -0.25) is 0 Å². The van der Waals surface area contributed by atoms with Crippen molar-refractivity contribution in [3.8, 4) is 5.69 Å². The number of fused-ring (bicyclic) bond motifs is 1. The van der Waals surface area contributed by atoms with Gasteiger partial charge in [-0.2, -0.15) is 0 Å². The van der Waals surface area contributed by atoms with E-state index in [1.807, 2.05) is 29.0 Å². The Morgan fingerprint density at radius 3 is 2.75 bits per heavy atom. The first-order chi connectivity index (χ1) is 9.70. The molecule has 20 heavy (non-hydrogen) atoms. The second-order valence-corrected chi connectivity index (χ2v) is 4.63. The molecule has 0 spiro atoms. The van der Waals surface area contributed by atoms with Crippen LogP contribution in [-0.4, -0.2) is 20.6 Å². The van der Waals surface area contributed by atoms with E-state index >= 15 is 0 Å². The molecule has 0 amide bonds. The predicted octanol–water partition coefficient (Wildman–Crippen LogP) is 3.29. The number of carboxylic acids is 1. The highest BCUT2D eigenvalue weighted by Gasteiger charge is 2.10. The van der Waals surface area contributed by atoms with E-state index in [2.05, 4.69) is 11.9 Å². The van der Waals surface area contributed by atoms with Crippen LogP contribution in [0, 0.1) is 0 Å². The maximum Gasteiger partial charge on any atom is 0.335 e. The summed E-state index contributed by atoms with van der Waals surface area (Å²) in [4.78, 5) is 15.2. The molecule has 2 aromatic carbocycles. The predicted molar refractivity (Wildman–Crippen MR) is 77.4 cm³/mol. The molecule has 0 fully saturated rings. The number of nitrogens with zero attached hydrogens (tertiary/aromatic N) is 2. The Morgan fingerprint density at radius 2 is 2.10 bits per heavy atom. The van der Waals surface area contributed by atoms with E-state index in [0.29, 0.717) is 5.56 Å². The van der Waals surface area contributed by atoms with Crippen molar-refractivity contribution in [3.05, 3.63) is 60.2 Å². The van der Waals surface area contributed by atoms with Gasteiger partial charge in [0.2, 0.25) is 0 Å². The van der Waals surface area contributed by atoms with E-state index in [9.17, 15) is 4.79 Å². The lowest BCUT2D eigenvalue weighted by molar-refractivity contribution is 0.0697. The third-order valence-electron chi connectivity index (χ3n) is 3.49. The zero-order valence-electron chi connectivity index (χ0n) is 11.1. The number of carbonyl (C=O) groups is 1. The lowest BCUT2D eigenvalue weighted by Gasteiger charge is -2.12. The molecular formula is C16H14N2O2. The molecule has 0 aliphatic heterocycles. The zero-order valence-corrected chi connectivity index (χ0v) is 11.1. The Bertz CT molecular complexity index is 777. The molecule has 1 aromatic heterocycles. The molecule has 0 aliphatic rings. The molecule has 0 aliphatic carbocycles. The molecule has 1 heterocycles. The van der Waals surface area contributed by atoms with Crippen LogP contribution in [0.2, 0.25) is 0 Å². The van der Waals surface area contributed by atoms with Crippen molar-refractivity contribution in [3.63, 3.8) is 0 Å². The van der Waals surface area contributed by atoms with Crippen molar-refractivity contribution in [2.45, 2.75) is 13.3 Å². The van der Waals surface area contributed by atoms with Crippen molar-refractivity contribution in [1.29, 1.82) is 0 Å². The molecule has 4 heteroatoms. The van der Waals surface area contributed by atoms with Crippen molar-refractivity contribution >= 4 is 16.7 Å². The minimum atomic E-state index is -0.901. The number of aromatic nitrogens is 2. The number of hydrogen-bond acceptors (Lipinski definition) is 2. The lowest BCUT2D eigenvalue weighted by Crippen LogP contribution is -2.00. The first-order valence-corrected chi connectivity index (χ1v) is 6.48. The summed E-state index contributed by atoms with van der Waals surface area (Å²) in [5.74, 6) is -0.901.